The third-order valence-corrected chi connectivity index (χ3v) is 6.80. The van der Waals surface area contributed by atoms with Gasteiger partial charge in [-0.2, -0.15) is 0 Å². The molecular weight excluding hydrogens is 454 g/mol. The number of amides is 1. The van der Waals surface area contributed by atoms with E-state index in [4.69, 9.17) is 20.9 Å². The Morgan fingerprint density at radius 1 is 1.03 bits per heavy atom. The number of thioether (sulfide) groups is 1. The van der Waals surface area contributed by atoms with Crippen molar-refractivity contribution in [2.75, 3.05) is 24.7 Å². The Kier molecular flexibility index (Phi) is 9.09. The van der Waals surface area contributed by atoms with Gasteiger partial charge in [0, 0.05) is 10.9 Å². The molecule has 0 radical (unpaired) electrons. The number of nitrogens with two attached hydrogens (primary N) is 2. The first-order valence-electron chi connectivity index (χ1n) is 11.3. The van der Waals surface area contributed by atoms with Gasteiger partial charge in [0.1, 0.15) is 6.54 Å². The van der Waals surface area contributed by atoms with E-state index >= 15 is 0 Å². The van der Waals surface area contributed by atoms with Gasteiger partial charge in [0.25, 0.3) is 0 Å². The van der Waals surface area contributed by atoms with Gasteiger partial charge in [-0.1, -0.05) is 42.5 Å². The fourth-order valence-corrected chi connectivity index (χ4v) is 5.32. The predicted octanol–water partition coefficient (Wildman–Crippen LogP) is 2.34. The molecule has 0 spiro atoms. The fourth-order valence-electron chi connectivity index (χ4n) is 4.14. The summed E-state index contributed by atoms with van der Waals surface area (Å²) in [5.41, 5.74) is 14.6. The standard InChI is InChI=1S/C25H31N3O5S/c1-3-32-20(29)15-28-18-12-8-9-13-19(18)34-23(27)22(24(28)30)21(25(31)33-4-2)17(26)14-16-10-6-5-7-11-16/h5-13,17,21-23H,3-4,14-15,26-27H2,1-2H3/t17-,21?,22-,23?/m0/s1. The molecule has 8 nitrogen and oxygen atoms in total. The molecule has 4 atom stereocenters. The molecule has 0 aliphatic carbocycles. The Hall–Kier alpha value is -2.88. The van der Waals surface area contributed by atoms with Crippen molar-refractivity contribution in [3.8, 4) is 0 Å². The number of hydrogen-bond donors (Lipinski definition) is 2. The molecule has 1 amide bonds. The van der Waals surface area contributed by atoms with Gasteiger partial charge < -0.3 is 20.9 Å². The molecule has 4 N–H and O–H groups in total. The second-order valence-electron chi connectivity index (χ2n) is 7.94. The number of benzene rings is 2. The van der Waals surface area contributed by atoms with Gasteiger partial charge in [0.2, 0.25) is 5.91 Å². The minimum Gasteiger partial charge on any atom is -0.466 e. The van der Waals surface area contributed by atoms with Gasteiger partial charge in [0.05, 0.1) is 36.1 Å². The number of nitrogens with zero attached hydrogens (tertiary/aromatic N) is 1. The molecule has 0 fully saturated rings. The van der Waals surface area contributed by atoms with Crippen LogP contribution in [-0.2, 0) is 30.3 Å². The molecule has 34 heavy (non-hydrogen) atoms. The van der Waals surface area contributed by atoms with Crippen molar-refractivity contribution >= 4 is 35.3 Å². The molecule has 182 valence electrons. The Bertz CT molecular complexity index is 1000. The van der Waals surface area contributed by atoms with E-state index in [-0.39, 0.29) is 19.8 Å². The third-order valence-electron chi connectivity index (χ3n) is 5.64. The Morgan fingerprint density at radius 2 is 1.68 bits per heavy atom. The molecule has 2 unspecified atom stereocenters. The highest BCUT2D eigenvalue weighted by Gasteiger charge is 2.47. The first-order valence-corrected chi connectivity index (χ1v) is 12.2. The second kappa shape index (κ2) is 12.0. The van der Waals surface area contributed by atoms with Crippen LogP contribution in [0.15, 0.2) is 59.5 Å². The van der Waals surface area contributed by atoms with Crippen LogP contribution in [-0.4, -0.2) is 49.0 Å². The Balaban J connectivity index is 2.02. The first kappa shape index (κ1) is 25.7. The molecule has 2 aromatic rings. The van der Waals surface area contributed by atoms with Crippen molar-refractivity contribution in [3.05, 3.63) is 60.2 Å². The number of carbonyl (C=O) groups excluding carboxylic acids is 3. The van der Waals surface area contributed by atoms with Crippen molar-refractivity contribution in [2.24, 2.45) is 23.3 Å². The summed E-state index contributed by atoms with van der Waals surface area (Å²) in [4.78, 5) is 41.5. The molecule has 9 heteroatoms. The van der Waals surface area contributed by atoms with Crippen LogP contribution >= 0.6 is 11.8 Å². The van der Waals surface area contributed by atoms with E-state index in [1.807, 2.05) is 42.5 Å². The molecule has 0 aromatic heterocycles. The van der Waals surface area contributed by atoms with Crippen molar-refractivity contribution in [2.45, 2.75) is 36.6 Å². The number of anilines is 1. The smallest absolute Gasteiger partial charge is 0.326 e. The maximum Gasteiger partial charge on any atom is 0.326 e. The van der Waals surface area contributed by atoms with Crippen LogP contribution in [0.4, 0.5) is 5.69 Å². The lowest BCUT2D eigenvalue weighted by Gasteiger charge is -2.33. The van der Waals surface area contributed by atoms with Crippen LogP contribution in [0.25, 0.3) is 0 Å². The second-order valence-corrected chi connectivity index (χ2v) is 9.16. The largest absolute Gasteiger partial charge is 0.466 e. The lowest BCUT2D eigenvalue weighted by molar-refractivity contribution is -0.153. The zero-order valence-corrected chi connectivity index (χ0v) is 20.2. The van der Waals surface area contributed by atoms with E-state index in [1.54, 1.807) is 26.0 Å². The summed E-state index contributed by atoms with van der Waals surface area (Å²) in [6, 6.07) is 15.9. The van der Waals surface area contributed by atoms with Gasteiger partial charge in [-0.3, -0.25) is 19.3 Å². The average molecular weight is 486 g/mol. The van der Waals surface area contributed by atoms with E-state index in [9.17, 15) is 14.4 Å². The van der Waals surface area contributed by atoms with Crippen LogP contribution < -0.4 is 16.4 Å². The van der Waals surface area contributed by atoms with Crippen LogP contribution in [0.3, 0.4) is 0 Å². The zero-order valence-electron chi connectivity index (χ0n) is 19.4. The molecule has 2 aromatic carbocycles. The van der Waals surface area contributed by atoms with Gasteiger partial charge in [-0.15, -0.1) is 11.8 Å². The van der Waals surface area contributed by atoms with E-state index in [0.717, 1.165) is 10.5 Å². The number of esters is 2. The number of rotatable bonds is 9. The maximum atomic E-state index is 13.9. The predicted molar refractivity (Wildman–Crippen MR) is 131 cm³/mol. The summed E-state index contributed by atoms with van der Waals surface area (Å²) in [5.74, 6) is -3.60. The number of hydrogen-bond acceptors (Lipinski definition) is 8. The minimum atomic E-state index is -1.01. The van der Waals surface area contributed by atoms with Crippen LogP contribution in [0.5, 0.6) is 0 Å². The number of ether oxygens (including phenoxy) is 2. The molecular formula is C25H31N3O5S. The Labute approximate surface area is 204 Å². The summed E-state index contributed by atoms with van der Waals surface area (Å²) < 4.78 is 10.4. The molecule has 1 aliphatic rings. The summed E-state index contributed by atoms with van der Waals surface area (Å²) in [6.07, 6.45) is 0.357. The highest BCUT2D eigenvalue weighted by Crippen LogP contribution is 2.41. The molecule has 0 saturated carbocycles. The van der Waals surface area contributed by atoms with Gasteiger partial charge in [-0.05, 0) is 38.0 Å². The van der Waals surface area contributed by atoms with Crippen molar-refractivity contribution in [3.63, 3.8) is 0 Å². The van der Waals surface area contributed by atoms with Crippen molar-refractivity contribution in [1.82, 2.24) is 0 Å². The number of fused-ring (bicyclic) bond motifs is 1. The first-order chi connectivity index (χ1) is 16.4. The summed E-state index contributed by atoms with van der Waals surface area (Å²) in [6.45, 7) is 3.43. The summed E-state index contributed by atoms with van der Waals surface area (Å²) in [5, 5.41) is -0.780. The Morgan fingerprint density at radius 3 is 2.35 bits per heavy atom. The number of para-hydroxylation sites is 1. The topological polar surface area (TPSA) is 125 Å². The van der Waals surface area contributed by atoms with Gasteiger partial charge in [0.15, 0.2) is 0 Å². The monoisotopic (exact) mass is 485 g/mol. The van der Waals surface area contributed by atoms with Gasteiger partial charge in [-0.25, -0.2) is 0 Å². The maximum absolute atomic E-state index is 13.9. The van der Waals surface area contributed by atoms with E-state index in [1.165, 1.54) is 16.7 Å². The minimum absolute atomic E-state index is 0.142. The van der Waals surface area contributed by atoms with E-state index in [2.05, 4.69) is 0 Å². The molecule has 0 saturated heterocycles. The van der Waals surface area contributed by atoms with E-state index in [0.29, 0.717) is 12.1 Å². The zero-order chi connectivity index (χ0) is 24.7. The molecule has 1 aliphatic heterocycles. The quantitative estimate of drug-likeness (QED) is 0.519. The normalized spacial score (nSPS) is 19.5. The van der Waals surface area contributed by atoms with Crippen LogP contribution in [0.2, 0.25) is 0 Å². The number of carbonyl (C=O) groups is 3. The molecule has 3 rings (SSSR count). The summed E-state index contributed by atoms with van der Waals surface area (Å²) in [7, 11) is 0. The van der Waals surface area contributed by atoms with Gasteiger partial charge >= 0.3 is 11.9 Å². The molecule has 1 heterocycles. The fraction of sp³-hybridized carbons (Fsp3) is 0.400. The lowest BCUT2D eigenvalue weighted by atomic mass is 9.82. The SMILES string of the molecule is CCOC(=O)CN1C(=O)[C@@H](C(C(=O)OCC)[C@@H](N)Cc2ccccc2)C(N)Sc2ccccc21. The molecule has 0 bridgehead atoms. The average Bonchev–Trinajstić information content (AvgIpc) is 2.90. The van der Waals surface area contributed by atoms with Crippen LogP contribution in [0, 0.1) is 11.8 Å². The summed E-state index contributed by atoms with van der Waals surface area (Å²) >= 11 is 1.28. The highest BCUT2D eigenvalue weighted by atomic mass is 32.2. The lowest BCUT2D eigenvalue weighted by Crippen LogP contribution is -2.54. The van der Waals surface area contributed by atoms with Crippen LogP contribution in [0.1, 0.15) is 19.4 Å². The third kappa shape index (κ3) is 5.97. The van der Waals surface area contributed by atoms with Crippen molar-refractivity contribution < 1.29 is 23.9 Å². The van der Waals surface area contributed by atoms with E-state index < -0.39 is 41.1 Å². The van der Waals surface area contributed by atoms with Crippen molar-refractivity contribution in [1.29, 1.82) is 0 Å². The highest BCUT2D eigenvalue weighted by molar-refractivity contribution is 8.00.